The minimum Gasteiger partial charge on any atom is -0.478 e. The second kappa shape index (κ2) is 5.14. The quantitative estimate of drug-likeness (QED) is 0.815. The van der Waals surface area contributed by atoms with Crippen LogP contribution in [0.4, 0.5) is 0 Å². The first-order chi connectivity index (χ1) is 6.77. The van der Waals surface area contributed by atoms with E-state index in [1.807, 2.05) is 6.07 Å². The van der Waals surface area contributed by atoms with Gasteiger partial charge in [0.1, 0.15) is 0 Å². The lowest BCUT2D eigenvalue weighted by atomic mass is 10.0. The number of halogens is 1. The number of carboxylic acid groups (broad SMARTS) is 1. The molecule has 2 rings (SSSR count). The normalized spacial score (nSPS) is 19.6. The molecule has 0 aliphatic carbocycles. The molecule has 82 valence electrons. The molecule has 0 saturated carbocycles. The number of hydrogen-bond acceptors (Lipinski definition) is 2. The Kier molecular flexibility index (Phi) is 4.12. The van der Waals surface area contributed by atoms with Crippen LogP contribution in [-0.4, -0.2) is 17.6 Å². The lowest BCUT2D eigenvalue weighted by Gasteiger charge is -2.10. The van der Waals surface area contributed by atoms with Crippen molar-refractivity contribution in [2.45, 2.75) is 18.9 Å². The lowest BCUT2D eigenvalue weighted by Crippen LogP contribution is -2.13. The molecule has 0 spiro atoms. The van der Waals surface area contributed by atoms with E-state index in [0.29, 0.717) is 11.6 Å². The van der Waals surface area contributed by atoms with Gasteiger partial charge in [0.15, 0.2) is 0 Å². The van der Waals surface area contributed by atoms with Crippen molar-refractivity contribution < 1.29 is 9.90 Å². The van der Waals surface area contributed by atoms with Crippen LogP contribution in [0.1, 0.15) is 34.8 Å². The van der Waals surface area contributed by atoms with Crippen LogP contribution < -0.4 is 5.32 Å². The van der Waals surface area contributed by atoms with Crippen molar-refractivity contribution >= 4 is 18.4 Å². The Morgan fingerprint density at radius 1 is 1.47 bits per heavy atom. The maximum Gasteiger partial charge on any atom is 0.335 e. The molecule has 0 radical (unpaired) electrons. The van der Waals surface area contributed by atoms with Crippen molar-refractivity contribution in [3.05, 3.63) is 35.4 Å². The first-order valence-corrected chi connectivity index (χ1v) is 4.84. The van der Waals surface area contributed by atoms with Gasteiger partial charge in [-0.05, 0) is 37.1 Å². The van der Waals surface area contributed by atoms with Gasteiger partial charge < -0.3 is 10.4 Å². The van der Waals surface area contributed by atoms with Gasteiger partial charge in [-0.25, -0.2) is 4.79 Å². The fourth-order valence-electron chi connectivity index (χ4n) is 1.86. The third-order valence-corrected chi connectivity index (χ3v) is 2.60. The first-order valence-electron chi connectivity index (χ1n) is 4.84. The fourth-order valence-corrected chi connectivity index (χ4v) is 1.86. The van der Waals surface area contributed by atoms with Crippen molar-refractivity contribution in [2.24, 2.45) is 0 Å². The number of benzene rings is 1. The van der Waals surface area contributed by atoms with Crippen molar-refractivity contribution in [3.63, 3.8) is 0 Å². The minimum atomic E-state index is -0.857. The number of carboxylic acids is 1. The summed E-state index contributed by atoms with van der Waals surface area (Å²) in [7, 11) is 0. The van der Waals surface area contributed by atoms with Gasteiger partial charge >= 0.3 is 5.97 Å². The summed E-state index contributed by atoms with van der Waals surface area (Å²) in [5.41, 5.74) is 1.46. The Balaban J connectivity index is 0.00000112. The van der Waals surface area contributed by atoms with Gasteiger partial charge in [0.05, 0.1) is 5.56 Å². The molecule has 1 saturated heterocycles. The van der Waals surface area contributed by atoms with Crippen molar-refractivity contribution in [2.75, 3.05) is 6.54 Å². The maximum absolute atomic E-state index is 10.7. The molecule has 3 nitrogen and oxygen atoms in total. The molecule has 0 bridgehead atoms. The average Bonchev–Trinajstić information content (AvgIpc) is 2.71. The van der Waals surface area contributed by atoms with E-state index in [0.717, 1.165) is 18.5 Å². The minimum absolute atomic E-state index is 0. The van der Waals surface area contributed by atoms with Gasteiger partial charge in [-0.15, -0.1) is 12.4 Å². The number of hydrogen-bond donors (Lipinski definition) is 2. The molecular formula is C11H14ClNO2. The maximum atomic E-state index is 10.7. The van der Waals surface area contributed by atoms with Crippen LogP contribution in [-0.2, 0) is 0 Å². The summed E-state index contributed by atoms with van der Waals surface area (Å²) in [4.78, 5) is 10.7. The third kappa shape index (κ3) is 2.70. The molecule has 4 heteroatoms. The molecule has 1 aromatic rings. The van der Waals surface area contributed by atoms with E-state index in [-0.39, 0.29) is 12.4 Å². The van der Waals surface area contributed by atoms with E-state index in [9.17, 15) is 4.79 Å². The molecule has 1 aliphatic rings. The highest BCUT2D eigenvalue weighted by Gasteiger charge is 2.16. The first kappa shape index (κ1) is 12.0. The summed E-state index contributed by atoms with van der Waals surface area (Å²) in [6, 6.07) is 7.51. The Bertz CT molecular complexity index is 348. The zero-order valence-corrected chi connectivity index (χ0v) is 9.09. The predicted octanol–water partition coefficient (Wildman–Crippen LogP) is 2.23. The van der Waals surface area contributed by atoms with Crippen LogP contribution >= 0.6 is 12.4 Å². The van der Waals surface area contributed by atoms with Crippen LogP contribution in [0.15, 0.2) is 24.3 Å². The topological polar surface area (TPSA) is 49.3 Å². The summed E-state index contributed by atoms with van der Waals surface area (Å²) in [6.45, 7) is 1.03. The summed E-state index contributed by atoms with van der Waals surface area (Å²) in [5, 5.41) is 12.2. The molecule has 15 heavy (non-hydrogen) atoms. The second-order valence-corrected chi connectivity index (χ2v) is 3.58. The van der Waals surface area contributed by atoms with Crippen molar-refractivity contribution in [3.8, 4) is 0 Å². The van der Waals surface area contributed by atoms with Crippen LogP contribution in [0.2, 0.25) is 0 Å². The molecule has 1 heterocycles. The lowest BCUT2D eigenvalue weighted by molar-refractivity contribution is 0.0696. The monoisotopic (exact) mass is 227 g/mol. The van der Waals surface area contributed by atoms with Gasteiger partial charge in [-0.3, -0.25) is 0 Å². The average molecular weight is 228 g/mol. The Morgan fingerprint density at radius 2 is 2.27 bits per heavy atom. The second-order valence-electron chi connectivity index (χ2n) is 3.58. The van der Waals surface area contributed by atoms with Crippen LogP contribution in [0.5, 0.6) is 0 Å². The van der Waals surface area contributed by atoms with Gasteiger partial charge in [0.2, 0.25) is 0 Å². The van der Waals surface area contributed by atoms with Gasteiger partial charge in [-0.1, -0.05) is 12.1 Å². The third-order valence-electron chi connectivity index (χ3n) is 2.60. The van der Waals surface area contributed by atoms with E-state index in [1.165, 1.54) is 6.42 Å². The molecule has 1 fully saturated rings. The molecule has 2 N–H and O–H groups in total. The SMILES string of the molecule is Cl.O=C(O)c1cccc([C@H]2CCCN2)c1. The van der Waals surface area contributed by atoms with E-state index in [1.54, 1.807) is 18.2 Å². The number of carbonyl (C=O) groups is 1. The molecule has 0 amide bonds. The van der Waals surface area contributed by atoms with Crippen LogP contribution in [0.25, 0.3) is 0 Å². The highest BCUT2D eigenvalue weighted by Crippen LogP contribution is 2.23. The highest BCUT2D eigenvalue weighted by molar-refractivity contribution is 5.87. The van der Waals surface area contributed by atoms with Crippen molar-refractivity contribution in [1.82, 2.24) is 5.32 Å². The van der Waals surface area contributed by atoms with Gasteiger partial charge in [-0.2, -0.15) is 0 Å². The Hall–Kier alpha value is -1.06. The molecule has 1 aromatic carbocycles. The van der Waals surface area contributed by atoms with E-state index in [4.69, 9.17) is 5.11 Å². The Labute approximate surface area is 94.9 Å². The summed E-state index contributed by atoms with van der Waals surface area (Å²) in [6.07, 6.45) is 2.27. The number of rotatable bonds is 2. The standard InChI is InChI=1S/C11H13NO2.ClH/c13-11(14)9-4-1-3-8(7-9)10-5-2-6-12-10;/h1,3-4,7,10,12H,2,5-6H2,(H,13,14);1H/t10-;/m1./s1. The highest BCUT2D eigenvalue weighted by atomic mass is 35.5. The number of nitrogens with one attached hydrogen (secondary N) is 1. The summed E-state index contributed by atoms with van der Waals surface area (Å²) in [5.74, 6) is -0.857. The summed E-state index contributed by atoms with van der Waals surface area (Å²) >= 11 is 0. The zero-order valence-electron chi connectivity index (χ0n) is 8.27. The van der Waals surface area contributed by atoms with E-state index in [2.05, 4.69) is 5.32 Å². The van der Waals surface area contributed by atoms with Crippen LogP contribution in [0.3, 0.4) is 0 Å². The van der Waals surface area contributed by atoms with E-state index < -0.39 is 5.97 Å². The predicted molar refractivity (Wildman–Crippen MR) is 60.6 cm³/mol. The molecule has 1 atom stereocenters. The van der Waals surface area contributed by atoms with Crippen LogP contribution in [0, 0.1) is 0 Å². The Morgan fingerprint density at radius 3 is 2.87 bits per heavy atom. The fraction of sp³-hybridized carbons (Fsp3) is 0.364. The van der Waals surface area contributed by atoms with Gasteiger partial charge in [0, 0.05) is 6.04 Å². The molecule has 0 aromatic heterocycles. The molecule has 0 unspecified atom stereocenters. The molecule has 1 aliphatic heterocycles. The van der Waals surface area contributed by atoms with Gasteiger partial charge in [0.25, 0.3) is 0 Å². The summed E-state index contributed by atoms with van der Waals surface area (Å²) < 4.78 is 0. The smallest absolute Gasteiger partial charge is 0.335 e. The largest absolute Gasteiger partial charge is 0.478 e. The number of aromatic carboxylic acids is 1. The van der Waals surface area contributed by atoms with Crippen molar-refractivity contribution in [1.29, 1.82) is 0 Å². The zero-order chi connectivity index (χ0) is 9.97. The van der Waals surface area contributed by atoms with E-state index >= 15 is 0 Å². The molecular weight excluding hydrogens is 214 g/mol.